The van der Waals surface area contributed by atoms with Crippen LogP contribution in [-0.2, 0) is 6.61 Å². The first-order chi connectivity index (χ1) is 18.2. The number of aromatic nitrogens is 2. The maximum absolute atomic E-state index is 13.4. The number of halogens is 2. The van der Waals surface area contributed by atoms with Crippen LogP contribution in [0, 0.1) is 0 Å². The van der Waals surface area contributed by atoms with E-state index in [1.54, 1.807) is 30.5 Å². The highest BCUT2D eigenvalue weighted by molar-refractivity contribution is 9.10. The molecule has 0 aliphatic heterocycles. The number of fused-ring (bicyclic) bond motifs is 1. The highest BCUT2D eigenvalue weighted by Crippen LogP contribution is 2.37. The zero-order chi connectivity index (χ0) is 27.4. The van der Waals surface area contributed by atoms with Gasteiger partial charge in [-0.15, -0.1) is 0 Å². The number of aromatic carboxylic acids is 1. The first kappa shape index (κ1) is 27.5. The topological polar surface area (TPSA) is 103 Å². The average Bonchev–Trinajstić information content (AvgIpc) is 2.91. The Morgan fingerprint density at radius 1 is 1.16 bits per heavy atom. The number of rotatable bonds is 9. The first-order valence-corrected chi connectivity index (χ1v) is 13.4. The Kier molecular flexibility index (Phi) is 8.63. The summed E-state index contributed by atoms with van der Waals surface area (Å²) in [6.07, 6.45) is 2.38. The molecular formula is C28H25Br2N3O5. The van der Waals surface area contributed by atoms with E-state index in [0.717, 1.165) is 16.5 Å². The Balaban J connectivity index is 1.65. The Hall–Kier alpha value is -3.50. The van der Waals surface area contributed by atoms with Gasteiger partial charge < -0.3 is 14.6 Å². The summed E-state index contributed by atoms with van der Waals surface area (Å²) in [6, 6.07) is 15.5. The molecule has 10 heteroatoms. The second-order valence-corrected chi connectivity index (χ2v) is 10.4. The molecule has 0 spiro atoms. The maximum Gasteiger partial charge on any atom is 0.335 e. The van der Waals surface area contributed by atoms with Crippen molar-refractivity contribution in [3.63, 3.8) is 0 Å². The molecule has 4 rings (SSSR count). The van der Waals surface area contributed by atoms with E-state index in [4.69, 9.17) is 19.6 Å². The minimum absolute atomic E-state index is 0.0227. The van der Waals surface area contributed by atoms with Crippen molar-refractivity contribution in [1.82, 2.24) is 9.66 Å². The summed E-state index contributed by atoms with van der Waals surface area (Å²) in [5.41, 5.74) is 2.08. The first-order valence-electron chi connectivity index (χ1n) is 11.8. The number of ether oxygens (including phenoxy) is 2. The van der Waals surface area contributed by atoms with Gasteiger partial charge in [-0.1, -0.05) is 41.9 Å². The van der Waals surface area contributed by atoms with E-state index in [9.17, 15) is 9.59 Å². The van der Waals surface area contributed by atoms with E-state index in [-0.39, 0.29) is 23.6 Å². The van der Waals surface area contributed by atoms with E-state index in [1.165, 1.54) is 23.9 Å². The number of carboxylic acid groups (broad SMARTS) is 1. The van der Waals surface area contributed by atoms with Gasteiger partial charge in [0.25, 0.3) is 5.56 Å². The van der Waals surface area contributed by atoms with Gasteiger partial charge in [-0.05, 0) is 75.9 Å². The van der Waals surface area contributed by atoms with Crippen LogP contribution in [0.3, 0.4) is 0 Å². The van der Waals surface area contributed by atoms with Gasteiger partial charge in [-0.3, -0.25) is 4.79 Å². The molecule has 0 fully saturated rings. The number of benzene rings is 3. The van der Waals surface area contributed by atoms with Crippen LogP contribution in [0.5, 0.6) is 11.5 Å². The molecule has 4 aromatic rings. The van der Waals surface area contributed by atoms with Crippen LogP contribution >= 0.6 is 31.9 Å². The van der Waals surface area contributed by atoms with Crippen LogP contribution in [0.1, 0.15) is 53.5 Å². The van der Waals surface area contributed by atoms with Gasteiger partial charge in [-0.25, -0.2) is 9.78 Å². The Morgan fingerprint density at radius 3 is 2.55 bits per heavy atom. The zero-order valence-electron chi connectivity index (χ0n) is 20.9. The number of carbonyl (C=O) groups is 1. The molecule has 0 aliphatic rings. The van der Waals surface area contributed by atoms with Gasteiger partial charge in [0.05, 0.1) is 34.3 Å². The van der Waals surface area contributed by atoms with Crippen LogP contribution < -0.4 is 15.0 Å². The molecule has 0 bridgehead atoms. The molecule has 0 unspecified atom stereocenters. The third-order valence-electron chi connectivity index (χ3n) is 6.04. The van der Waals surface area contributed by atoms with Crippen LogP contribution in [0.15, 0.2) is 73.4 Å². The molecule has 0 amide bonds. The quantitative estimate of drug-likeness (QED) is 0.206. The van der Waals surface area contributed by atoms with E-state index < -0.39 is 5.97 Å². The predicted molar refractivity (Wildman–Crippen MR) is 154 cm³/mol. The molecule has 1 heterocycles. The van der Waals surface area contributed by atoms with Crippen molar-refractivity contribution >= 4 is 54.9 Å². The van der Waals surface area contributed by atoms with Crippen LogP contribution in [0.2, 0.25) is 0 Å². The Labute approximate surface area is 236 Å². The van der Waals surface area contributed by atoms with Crippen LogP contribution in [0.25, 0.3) is 10.9 Å². The Bertz CT molecular complexity index is 1580. The van der Waals surface area contributed by atoms with E-state index >= 15 is 0 Å². The lowest BCUT2D eigenvalue weighted by Crippen LogP contribution is -2.23. The van der Waals surface area contributed by atoms with Crippen molar-refractivity contribution in [3.8, 4) is 11.5 Å². The van der Waals surface area contributed by atoms with Crippen molar-refractivity contribution in [2.45, 2.75) is 32.8 Å². The zero-order valence-corrected chi connectivity index (χ0v) is 24.1. The highest BCUT2D eigenvalue weighted by atomic mass is 79.9. The standard InChI is InChI=1S/C28H25Br2N3O5/c1-4-16(2)26-32-23-10-9-20(29)13-21(23)27(34)33(26)31-14-18-11-22(30)25(24(12-18)37-3)38-15-17-5-7-19(8-6-17)28(35)36/h5-14,16H,4,15H2,1-3H3,(H,35,36)/t16-/m1/s1. The minimum Gasteiger partial charge on any atom is -0.493 e. The molecule has 0 aliphatic carbocycles. The number of hydrogen-bond acceptors (Lipinski definition) is 6. The molecule has 8 nitrogen and oxygen atoms in total. The Morgan fingerprint density at radius 2 is 1.89 bits per heavy atom. The molecule has 1 atom stereocenters. The second-order valence-electron chi connectivity index (χ2n) is 8.63. The molecule has 196 valence electrons. The minimum atomic E-state index is -0.981. The summed E-state index contributed by atoms with van der Waals surface area (Å²) in [5.74, 6) is 0.586. The number of methoxy groups -OCH3 is 1. The number of nitrogens with zero attached hydrogens (tertiary/aromatic N) is 3. The fraction of sp³-hybridized carbons (Fsp3) is 0.214. The normalized spacial score (nSPS) is 12.1. The fourth-order valence-electron chi connectivity index (χ4n) is 3.76. The highest BCUT2D eigenvalue weighted by Gasteiger charge is 2.16. The maximum atomic E-state index is 13.4. The molecule has 3 aromatic carbocycles. The lowest BCUT2D eigenvalue weighted by atomic mass is 10.1. The van der Waals surface area contributed by atoms with E-state index in [0.29, 0.717) is 38.3 Å². The predicted octanol–water partition coefficient (Wildman–Crippen LogP) is 6.60. The monoisotopic (exact) mass is 641 g/mol. The largest absolute Gasteiger partial charge is 0.493 e. The summed E-state index contributed by atoms with van der Waals surface area (Å²) in [7, 11) is 1.54. The third-order valence-corrected chi connectivity index (χ3v) is 7.13. The van der Waals surface area contributed by atoms with Crippen LogP contribution in [0.4, 0.5) is 0 Å². The third kappa shape index (κ3) is 5.97. The summed E-state index contributed by atoms with van der Waals surface area (Å²) in [5, 5.41) is 14.1. The van der Waals surface area contributed by atoms with Crippen molar-refractivity contribution in [1.29, 1.82) is 0 Å². The van der Waals surface area contributed by atoms with Gasteiger partial charge in [0, 0.05) is 10.4 Å². The summed E-state index contributed by atoms with van der Waals surface area (Å²) in [4.78, 5) is 29.2. The molecule has 1 N–H and O–H groups in total. The smallest absolute Gasteiger partial charge is 0.335 e. The molecule has 38 heavy (non-hydrogen) atoms. The fourth-order valence-corrected chi connectivity index (χ4v) is 4.69. The summed E-state index contributed by atoms with van der Waals surface area (Å²) in [6.45, 7) is 4.27. The van der Waals surface area contributed by atoms with Crippen molar-refractivity contribution < 1.29 is 19.4 Å². The number of hydrogen-bond donors (Lipinski definition) is 1. The SMILES string of the molecule is CC[C@@H](C)c1nc2ccc(Br)cc2c(=O)n1N=Cc1cc(Br)c(OCc2ccc(C(=O)O)cc2)c(OC)c1. The second kappa shape index (κ2) is 11.9. The van der Waals surface area contributed by atoms with Crippen molar-refractivity contribution in [3.05, 3.63) is 96.4 Å². The lowest BCUT2D eigenvalue weighted by Gasteiger charge is -2.15. The summed E-state index contributed by atoms with van der Waals surface area (Å²) < 4.78 is 14.3. The molecule has 1 aromatic heterocycles. The number of carboxylic acids is 1. The van der Waals surface area contributed by atoms with Crippen molar-refractivity contribution in [2.75, 3.05) is 7.11 Å². The van der Waals surface area contributed by atoms with Crippen molar-refractivity contribution in [2.24, 2.45) is 5.10 Å². The van der Waals surface area contributed by atoms with E-state index in [1.807, 2.05) is 32.0 Å². The van der Waals surface area contributed by atoms with Gasteiger partial charge in [0.1, 0.15) is 12.4 Å². The van der Waals surface area contributed by atoms with Gasteiger partial charge in [0.2, 0.25) is 0 Å². The lowest BCUT2D eigenvalue weighted by molar-refractivity contribution is 0.0697. The molecular weight excluding hydrogens is 618 g/mol. The van der Waals surface area contributed by atoms with Crippen LogP contribution in [-0.4, -0.2) is 34.1 Å². The van der Waals surface area contributed by atoms with Gasteiger partial charge in [0.15, 0.2) is 11.5 Å². The summed E-state index contributed by atoms with van der Waals surface area (Å²) >= 11 is 6.97. The molecule has 0 saturated heterocycles. The van der Waals surface area contributed by atoms with Gasteiger partial charge in [-0.2, -0.15) is 9.78 Å². The molecule has 0 saturated carbocycles. The van der Waals surface area contributed by atoms with Gasteiger partial charge >= 0.3 is 5.97 Å². The average molecular weight is 643 g/mol. The van der Waals surface area contributed by atoms with E-state index in [2.05, 4.69) is 37.0 Å². The molecule has 0 radical (unpaired) electrons.